The Hall–Kier alpha value is -1.69. The van der Waals surface area contributed by atoms with Gasteiger partial charge in [0.1, 0.15) is 17.7 Å². The molecule has 2 rings (SSSR count). The first-order valence-corrected chi connectivity index (χ1v) is 7.15. The molecule has 3 unspecified atom stereocenters. The maximum Gasteiger partial charge on any atom is 0.315 e. The molecule has 0 radical (unpaired) electrons. The Labute approximate surface area is 122 Å². The molecule has 3 N–H and O–H groups in total. The van der Waals surface area contributed by atoms with Gasteiger partial charge in [0.25, 0.3) is 0 Å². The van der Waals surface area contributed by atoms with E-state index in [0.717, 1.165) is 31.4 Å². The van der Waals surface area contributed by atoms with Gasteiger partial charge < -0.3 is 15.7 Å². The highest BCUT2D eigenvalue weighted by molar-refractivity contribution is 5.74. The van der Waals surface area contributed by atoms with Gasteiger partial charge in [-0.05, 0) is 30.9 Å². The molecule has 4 nitrogen and oxygen atoms in total. The van der Waals surface area contributed by atoms with Gasteiger partial charge in [-0.3, -0.25) is 0 Å². The molecular formula is C15H20F2N2O2. The molecule has 0 aromatic heterocycles. The van der Waals surface area contributed by atoms with Gasteiger partial charge in [0.15, 0.2) is 0 Å². The third-order valence-electron chi connectivity index (χ3n) is 3.97. The van der Waals surface area contributed by atoms with Gasteiger partial charge >= 0.3 is 6.03 Å². The minimum Gasteiger partial charge on any atom is -0.386 e. The third-order valence-corrected chi connectivity index (χ3v) is 3.97. The molecule has 0 bridgehead atoms. The number of carbonyl (C=O) groups is 1. The van der Waals surface area contributed by atoms with E-state index in [2.05, 4.69) is 17.6 Å². The highest BCUT2D eigenvalue weighted by atomic mass is 19.1. The molecule has 0 aliphatic heterocycles. The van der Waals surface area contributed by atoms with Gasteiger partial charge in [-0.15, -0.1) is 0 Å². The molecule has 21 heavy (non-hydrogen) atoms. The van der Waals surface area contributed by atoms with E-state index in [1.165, 1.54) is 6.07 Å². The van der Waals surface area contributed by atoms with Crippen molar-refractivity contribution in [1.82, 2.24) is 10.6 Å². The maximum atomic E-state index is 13.5. The number of benzene rings is 1. The number of rotatable bonds is 4. The highest BCUT2D eigenvalue weighted by Gasteiger charge is 2.25. The van der Waals surface area contributed by atoms with E-state index in [1.807, 2.05) is 0 Å². The van der Waals surface area contributed by atoms with Crippen LogP contribution in [0.4, 0.5) is 13.6 Å². The molecule has 0 saturated heterocycles. The van der Waals surface area contributed by atoms with Gasteiger partial charge in [0.05, 0.1) is 5.56 Å². The monoisotopic (exact) mass is 298 g/mol. The first kappa shape index (κ1) is 15.7. The summed E-state index contributed by atoms with van der Waals surface area (Å²) >= 11 is 0. The zero-order valence-corrected chi connectivity index (χ0v) is 11.9. The second-order valence-corrected chi connectivity index (χ2v) is 5.52. The van der Waals surface area contributed by atoms with E-state index in [9.17, 15) is 18.7 Å². The molecule has 2 amide bonds. The number of amides is 2. The number of aliphatic hydroxyl groups is 1. The van der Waals surface area contributed by atoms with Crippen molar-refractivity contribution in [3.63, 3.8) is 0 Å². The summed E-state index contributed by atoms with van der Waals surface area (Å²) in [4.78, 5) is 11.7. The SMILES string of the molecule is CC1CCCC1NC(=O)NCC(O)c1c(F)cccc1F. The van der Waals surface area contributed by atoms with Crippen LogP contribution in [-0.4, -0.2) is 23.7 Å². The van der Waals surface area contributed by atoms with E-state index in [1.54, 1.807) is 0 Å². The second kappa shape index (κ2) is 6.85. The lowest BCUT2D eigenvalue weighted by Crippen LogP contribution is -2.44. The topological polar surface area (TPSA) is 61.4 Å². The van der Waals surface area contributed by atoms with Crippen molar-refractivity contribution in [3.8, 4) is 0 Å². The van der Waals surface area contributed by atoms with Gasteiger partial charge in [-0.1, -0.05) is 19.4 Å². The highest BCUT2D eigenvalue weighted by Crippen LogP contribution is 2.24. The molecule has 0 heterocycles. The molecule has 3 atom stereocenters. The predicted molar refractivity (Wildman–Crippen MR) is 74.7 cm³/mol. The van der Waals surface area contributed by atoms with Crippen LogP contribution in [0.1, 0.15) is 37.9 Å². The second-order valence-electron chi connectivity index (χ2n) is 5.52. The molecule has 1 saturated carbocycles. The summed E-state index contributed by atoms with van der Waals surface area (Å²) in [5.74, 6) is -1.23. The van der Waals surface area contributed by atoms with E-state index in [4.69, 9.17) is 0 Å². The van der Waals surface area contributed by atoms with Crippen LogP contribution in [0.2, 0.25) is 0 Å². The molecule has 1 aromatic carbocycles. The fourth-order valence-electron chi connectivity index (χ4n) is 2.70. The minimum atomic E-state index is -1.42. The van der Waals surface area contributed by atoms with Crippen molar-refractivity contribution in [1.29, 1.82) is 0 Å². The number of nitrogens with one attached hydrogen (secondary N) is 2. The Balaban J connectivity index is 1.86. The Bertz CT molecular complexity index is 490. The largest absolute Gasteiger partial charge is 0.386 e. The summed E-state index contributed by atoms with van der Waals surface area (Å²) in [5, 5.41) is 15.1. The summed E-state index contributed by atoms with van der Waals surface area (Å²) in [6.45, 7) is 1.83. The number of carbonyl (C=O) groups excluding carboxylic acids is 1. The maximum absolute atomic E-state index is 13.5. The van der Waals surface area contributed by atoms with Crippen LogP contribution >= 0.6 is 0 Å². The van der Waals surface area contributed by atoms with Crippen LogP contribution in [0, 0.1) is 17.6 Å². The van der Waals surface area contributed by atoms with E-state index in [0.29, 0.717) is 5.92 Å². The van der Waals surface area contributed by atoms with Gasteiger partial charge in [0, 0.05) is 12.6 Å². The molecule has 1 aromatic rings. The van der Waals surface area contributed by atoms with Crippen LogP contribution < -0.4 is 10.6 Å². The van der Waals surface area contributed by atoms with Crippen molar-refractivity contribution in [3.05, 3.63) is 35.4 Å². The van der Waals surface area contributed by atoms with Gasteiger partial charge in [0.2, 0.25) is 0 Å². The van der Waals surface area contributed by atoms with Crippen LogP contribution in [0.5, 0.6) is 0 Å². The average molecular weight is 298 g/mol. The van der Waals surface area contributed by atoms with Crippen molar-refractivity contribution in [2.24, 2.45) is 5.92 Å². The van der Waals surface area contributed by atoms with Gasteiger partial charge in [-0.2, -0.15) is 0 Å². The van der Waals surface area contributed by atoms with E-state index >= 15 is 0 Å². The molecule has 6 heteroatoms. The lowest BCUT2D eigenvalue weighted by atomic mass is 10.1. The molecule has 116 valence electrons. The summed E-state index contributed by atoms with van der Waals surface area (Å²) < 4.78 is 27.0. The minimum absolute atomic E-state index is 0.118. The molecule has 0 spiro atoms. The third kappa shape index (κ3) is 3.91. The Morgan fingerprint density at radius 2 is 2.05 bits per heavy atom. The molecule has 1 aliphatic carbocycles. The molecule has 1 fully saturated rings. The van der Waals surface area contributed by atoms with Crippen LogP contribution in [-0.2, 0) is 0 Å². The Morgan fingerprint density at radius 3 is 2.62 bits per heavy atom. The average Bonchev–Trinajstić information content (AvgIpc) is 2.82. The first-order valence-electron chi connectivity index (χ1n) is 7.15. The zero-order valence-electron chi connectivity index (χ0n) is 11.9. The summed E-state index contributed by atoms with van der Waals surface area (Å²) in [6, 6.07) is 3.06. The standard InChI is InChI=1S/C15H20F2N2O2/c1-9-4-2-7-12(9)19-15(21)18-8-13(20)14-10(16)5-3-6-11(14)17/h3,5-6,9,12-13,20H,2,4,7-8H2,1H3,(H2,18,19,21). The smallest absolute Gasteiger partial charge is 0.315 e. The number of halogens is 2. The van der Waals surface area contributed by atoms with Crippen LogP contribution in [0.25, 0.3) is 0 Å². The van der Waals surface area contributed by atoms with Crippen LogP contribution in [0.15, 0.2) is 18.2 Å². The molecular weight excluding hydrogens is 278 g/mol. The Kier molecular flexibility index (Phi) is 5.12. The number of hydrogen-bond acceptors (Lipinski definition) is 2. The van der Waals surface area contributed by atoms with Crippen molar-refractivity contribution < 1.29 is 18.7 Å². The normalized spacial score (nSPS) is 22.9. The van der Waals surface area contributed by atoms with Crippen molar-refractivity contribution in [2.45, 2.75) is 38.3 Å². The quantitative estimate of drug-likeness (QED) is 0.800. The molecule has 1 aliphatic rings. The van der Waals surface area contributed by atoms with Crippen molar-refractivity contribution in [2.75, 3.05) is 6.54 Å². The first-order chi connectivity index (χ1) is 9.99. The summed E-state index contributed by atoms with van der Waals surface area (Å²) in [5.41, 5.74) is -0.424. The van der Waals surface area contributed by atoms with Crippen molar-refractivity contribution >= 4 is 6.03 Å². The number of urea groups is 1. The lowest BCUT2D eigenvalue weighted by molar-refractivity contribution is 0.163. The summed E-state index contributed by atoms with van der Waals surface area (Å²) in [7, 11) is 0. The van der Waals surface area contributed by atoms with E-state index in [-0.39, 0.29) is 12.6 Å². The lowest BCUT2D eigenvalue weighted by Gasteiger charge is -2.19. The van der Waals surface area contributed by atoms with E-state index < -0.39 is 29.3 Å². The zero-order chi connectivity index (χ0) is 15.4. The fourth-order valence-corrected chi connectivity index (χ4v) is 2.70. The van der Waals surface area contributed by atoms with Gasteiger partial charge in [-0.25, -0.2) is 13.6 Å². The number of aliphatic hydroxyl groups excluding tert-OH is 1. The number of hydrogen-bond donors (Lipinski definition) is 3. The Morgan fingerprint density at radius 1 is 1.38 bits per heavy atom. The summed E-state index contributed by atoms with van der Waals surface area (Å²) in [6.07, 6.45) is 1.67. The fraction of sp³-hybridized carbons (Fsp3) is 0.533. The predicted octanol–water partition coefficient (Wildman–Crippen LogP) is 2.49. The van der Waals surface area contributed by atoms with Crippen LogP contribution in [0.3, 0.4) is 0 Å².